The molecule has 0 aliphatic carbocycles. The Hall–Kier alpha value is -3.03. The Balaban J connectivity index is 2.10. The number of aromatic nitrogens is 3. The Morgan fingerprint density at radius 2 is 2.07 bits per heavy atom. The molecule has 0 bridgehead atoms. The van der Waals surface area contributed by atoms with Crippen LogP contribution in [0.5, 0.6) is 0 Å². The van der Waals surface area contributed by atoms with E-state index in [9.17, 15) is 13.6 Å². The van der Waals surface area contributed by atoms with Crippen LogP contribution in [0.3, 0.4) is 0 Å². The summed E-state index contributed by atoms with van der Waals surface area (Å²) in [5.41, 5.74) is 2.58. The zero-order chi connectivity index (χ0) is 19.7. The molecular formula is C19H20F2N4O2. The molecule has 27 heavy (non-hydrogen) atoms. The number of carbonyl (C=O) groups excluding carboxylic acids is 1. The third-order valence-corrected chi connectivity index (χ3v) is 4.33. The molecule has 0 fully saturated rings. The van der Waals surface area contributed by atoms with E-state index < -0.39 is 23.6 Å². The molecule has 0 saturated carbocycles. The molecule has 1 N–H and O–H groups in total. The van der Waals surface area contributed by atoms with Crippen molar-refractivity contribution in [3.05, 3.63) is 52.9 Å². The molecule has 3 rings (SSSR count). The fraction of sp³-hybridized carbons (Fsp3) is 0.316. The number of nitrogens with zero attached hydrogens (tertiary/aromatic N) is 3. The van der Waals surface area contributed by atoms with Crippen molar-refractivity contribution >= 4 is 22.7 Å². The minimum atomic E-state index is -0.927. The third kappa shape index (κ3) is 3.47. The molecule has 0 aliphatic heterocycles. The van der Waals surface area contributed by atoms with Gasteiger partial charge in [-0.15, -0.1) is 0 Å². The van der Waals surface area contributed by atoms with Crippen LogP contribution in [0.4, 0.5) is 14.5 Å². The number of rotatable bonds is 5. The molecule has 2 aromatic heterocycles. The summed E-state index contributed by atoms with van der Waals surface area (Å²) in [6.45, 7) is 5.54. The minimum absolute atomic E-state index is 0.223. The van der Waals surface area contributed by atoms with Gasteiger partial charge in [-0.1, -0.05) is 6.07 Å². The van der Waals surface area contributed by atoms with Crippen molar-refractivity contribution in [2.75, 3.05) is 11.9 Å². The van der Waals surface area contributed by atoms with Gasteiger partial charge in [0, 0.05) is 19.3 Å². The Morgan fingerprint density at radius 3 is 2.74 bits per heavy atom. The van der Waals surface area contributed by atoms with Crippen LogP contribution in [0, 0.1) is 18.6 Å². The zero-order valence-electron chi connectivity index (χ0n) is 15.5. The second-order valence-corrected chi connectivity index (χ2v) is 6.21. The number of pyridine rings is 1. The number of anilines is 1. The summed E-state index contributed by atoms with van der Waals surface area (Å²) in [5.74, 6) is -2.35. The van der Waals surface area contributed by atoms with Crippen LogP contribution in [0.1, 0.15) is 41.5 Å². The fourth-order valence-electron chi connectivity index (χ4n) is 3.01. The van der Waals surface area contributed by atoms with Crippen molar-refractivity contribution in [2.45, 2.75) is 26.8 Å². The fourth-order valence-corrected chi connectivity index (χ4v) is 3.01. The molecule has 0 amide bonds. The highest BCUT2D eigenvalue weighted by Crippen LogP contribution is 2.32. The number of fused-ring (bicyclic) bond motifs is 1. The Bertz CT molecular complexity index is 1020. The first kappa shape index (κ1) is 18.8. The predicted molar refractivity (Wildman–Crippen MR) is 97.6 cm³/mol. The van der Waals surface area contributed by atoms with E-state index in [2.05, 4.69) is 15.4 Å². The predicted octanol–water partition coefficient (Wildman–Crippen LogP) is 3.90. The van der Waals surface area contributed by atoms with E-state index in [-0.39, 0.29) is 12.2 Å². The van der Waals surface area contributed by atoms with E-state index >= 15 is 0 Å². The maximum Gasteiger partial charge on any atom is 0.341 e. The number of esters is 1. The minimum Gasteiger partial charge on any atom is -0.462 e. The summed E-state index contributed by atoms with van der Waals surface area (Å²) in [7, 11) is 1.76. The zero-order valence-corrected chi connectivity index (χ0v) is 15.5. The lowest BCUT2D eigenvalue weighted by Crippen LogP contribution is -2.14. The highest BCUT2D eigenvalue weighted by atomic mass is 19.2. The molecule has 1 unspecified atom stereocenters. The van der Waals surface area contributed by atoms with E-state index in [1.807, 2.05) is 6.92 Å². The number of benzene rings is 1. The molecule has 1 aromatic carbocycles. The molecule has 142 valence electrons. The number of halogens is 2. The SMILES string of the molecule is CCOC(=O)c1cnc2c(c(C)nn2C)c1NC(C)c1ccc(F)c(F)c1. The molecule has 0 radical (unpaired) electrons. The van der Waals surface area contributed by atoms with Gasteiger partial charge in [-0.05, 0) is 38.5 Å². The van der Waals surface area contributed by atoms with Gasteiger partial charge < -0.3 is 10.1 Å². The van der Waals surface area contributed by atoms with Gasteiger partial charge >= 0.3 is 5.97 Å². The summed E-state index contributed by atoms with van der Waals surface area (Å²) in [4.78, 5) is 16.7. The van der Waals surface area contributed by atoms with Crippen LogP contribution in [-0.4, -0.2) is 27.3 Å². The van der Waals surface area contributed by atoms with Crippen LogP contribution >= 0.6 is 0 Å². The number of hydrogen-bond acceptors (Lipinski definition) is 5. The molecule has 0 spiro atoms. The first-order valence-corrected chi connectivity index (χ1v) is 8.54. The molecule has 0 aliphatic rings. The molecule has 6 nitrogen and oxygen atoms in total. The first-order chi connectivity index (χ1) is 12.8. The average Bonchev–Trinajstić information content (AvgIpc) is 2.92. The summed E-state index contributed by atoms with van der Waals surface area (Å²) in [5, 5.41) is 8.26. The second kappa shape index (κ2) is 7.30. The van der Waals surface area contributed by atoms with E-state index in [0.717, 1.165) is 12.1 Å². The van der Waals surface area contributed by atoms with Crippen molar-refractivity contribution in [1.82, 2.24) is 14.8 Å². The number of nitrogens with one attached hydrogen (secondary N) is 1. The van der Waals surface area contributed by atoms with Crippen LogP contribution in [0.15, 0.2) is 24.4 Å². The summed E-state index contributed by atoms with van der Waals surface area (Å²) >= 11 is 0. The monoisotopic (exact) mass is 374 g/mol. The molecule has 1 atom stereocenters. The van der Waals surface area contributed by atoms with Crippen molar-refractivity contribution in [1.29, 1.82) is 0 Å². The van der Waals surface area contributed by atoms with Gasteiger partial charge in [-0.3, -0.25) is 4.68 Å². The molecule has 2 heterocycles. The lowest BCUT2D eigenvalue weighted by Gasteiger charge is -2.19. The van der Waals surface area contributed by atoms with Crippen LogP contribution < -0.4 is 5.32 Å². The maximum atomic E-state index is 13.6. The van der Waals surface area contributed by atoms with E-state index in [4.69, 9.17) is 4.74 Å². The van der Waals surface area contributed by atoms with Crippen molar-refractivity contribution in [2.24, 2.45) is 7.05 Å². The summed E-state index contributed by atoms with van der Waals surface area (Å²) in [6, 6.07) is 3.30. The smallest absolute Gasteiger partial charge is 0.341 e. The lowest BCUT2D eigenvalue weighted by atomic mass is 10.1. The maximum absolute atomic E-state index is 13.6. The van der Waals surface area contributed by atoms with E-state index in [1.165, 1.54) is 12.3 Å². The first-order valence-electron chi connectivity index (χ1n) is 8.54. The Morgan fingerprint density at radius 1 is 1.33 bits per heavy atom. The van der Waals surface area contributed by atoms with Gasteiger partial charge in [-0.25, -0.2) is 18.6 Å². The van der Waals surface area contributed by atoms with E-state index in [0.29, 0.717) is 28.0 Å². The number of ether oxygens (including phenoxy) is 1. The highest BCUT2D eigenvalue weighted by Gasteiger charge is 2.22. The lowest BCUT2D eigenvalue weighted by molar-refractivity contribution is 0.0527. The standard InChI is InChI=1S/C19H20F2N4O2/c1-5-27-19(26)13-9-22-18-16(11(3)24-25(18)4)17(13)23-10(2)12-6-7-14(20)15(21)8-12/h6-10H,5H2,1-4H3,(H,22,23). The topological polar surface area (TPSA) is 69.0 Å². The second-order valence-electron chi connectivity index (χ2n) is 6.21. The summed E-state index contributed by atoms with van der Waals surface area (Å²) in [6.07, 6.45) is 1.43. The quantitative estimate of drug-likeness (QED) is 0.686. The van der Waals surface area contributed by atoms with Crippen LogP contribution in [-0.2, 0) is 11.8 Å². The van der Waals surface area contributed by atoms with Crippen molar-refractivity contribution < 1.29 is 18.3 Å². The van der Waals surface area contributed by atoms with Gasteiger partial charge in [0.15, 0.2) is 17.3 Å². The van der Waals surface area contributed by atoms with Gasteiger partial charge in [-0.2, -0.15) is 5.10 Å². The Kier molecular flexibility index (Phi) is 5.07. The normalized spacial score (nSPS) is 12.2. The average molecular weight is 374 g/mol. The van der Waals surface area contributed by atoms with Crippen molar-refractivity contribution in [3.63, 3.8) is 0 Å². The van der Waals surface area contributed by atoms with Gasteiger partial charge in [0.1, 0.15) is 5.56 Å². The largest absolute Gasteiger partial charge is 0.462 e. The molecule has 0 saturated heterocycles. The van der Waals surface area contributed by atoms with Crippen molar-refractivity contribution in [3.8, 4) is 0 Å². The third-order valence-electron chi connectivity index (χ3n) is 4.33. The number of carbonyl (C=O) groups is 1. The summed E-state index contributed by atoms with van der Waals surface area (Å²) < 4.78 is 33.6. The molecule has 3 aromatic rings. The number of aryl methyl sites for hydroxylation is 2. The van der Waals surface area contributed by atoms with Gasteiger partial charge in [0.05, 0.1) is 23.4 Å². The van der Waals surface area contributed by atoms with Crippen LogP contribution in [0.2, 0.25) is 0 Å². The van der Waals surface area contributed by atoms with Crippen LogP contribution in [0.25, 0.3) is 11.0 Å². The number of hydrogen-bond donors (Lipinski definition) is 1. The van der Waals surface area contributed by atoms with E-state index in [1.54, 1.807) is 25.6 Å². The molecular weight excluding hydrogens is 354 g/mol. The van der Waals surface area contributed by atoms with Gasteiger partial charge in [0.2, 0.25) is 0 Å². The molecule has 8 heteroatoms. The highest BCUT2D eigenvalue weighted by molar-refractivity contribution is 6.05. The Labute approximate surface area is 155 Å². The van der Waals surface area contributed by atoms with Gasteiger partial charge in [0.25, 0.3) is 0 Å².